The van der Waals surface area contributed by atoms with Crippen molar-refractivity contribution in [3.8, 4) is 0 Å². The zero-order valence-corrected chi connectivity index (χ0v) is 11.2. The van der Waals surface area contributed by atoms with Gasteiger partial charge >= 0.3 is 0 Å². The van der Waals surface area contributed by atoms with Crippen molar-refractivity contribution in [2.45, 2.75) is 57.5 Å². The molecule has 2 rings (SSSR count). The van der Waals surface area contributed by atoms with Crippen molar-refractivity contribution >= 4 is 0 Å². The van der Waals surface area contributed by atoms with Gasteiger partial charge in [0.25, 0.3) is 0 Å². The fourth-order valence-electron chi connectivity index (χ4n) is 2.34. The third kappa shape index (κ3) is 3.94. The maximum Gasteiger partial charge on any atom is 0.0681 e. The summed E-state index contributed by atoms with van der Waals surface area (Å²) in [4.78, 5) is 0. The van der Waals surface area contributed by atoms with Crippen LogP contribution in [0.25, 0.3) is 0 Å². The normalized spacial score (nSPS) is 24.0. The molecule has 1 atom stereocenters. The van der Waals surface area contributed by atoms with Crippen LogP contribution in [0.5, 0.6) is 0 Å². The van der Waals surface area contributed by atoms with Gasteiger partial charge in [0, 0.05) is 12.6 Å². The highest BCUT2D eigenvalue weighted by Crippen LogP contribution is 2.41. The summed E-state index contributed by atoms with van der Waals surface area (Å²) < 4.78 is 5.81. The van der Waals surface area contributed by atoms with Crippen molar-refractivity contribution in [2.75, 3.05) is 19.8 Å². The molecule has 17 heavy (non-hydrogen) atoms. The molecule has 2 fully saturated rings. The first-order valence-corrected chi connectivity index (χ1v) is 7.12. The van der Waals surface area contributed by atoms with Gasteiger partial charge in [0.05, 0.1) is 18.8 Å². The Hall–Kier alpha value is -0.120. The van der Waals surface area contributed by atoms with Crippen LogP contribution in [0, 0.1) is 11.8 Å². The number of rotatable bonds is 9. The van der Waals surface area contributed by atoms with Crippen LogP contribution in [0.1, 0.15) is 46.0 Å². The first-order chi connectivity index (χ1) is 8.16. The van der Waals surface area contributed by atoms with Crippen molar-refractivity contribution in [2.24, 2.45) is 11.8 Å². The van der Waals surface area contributed by atoms with Crippen LogP contribution in [0.15, 0.2) is 0 Å². The molecule has 0 saturated heterocycles. The molecule has 1 unspecified atom stereocenters. The van der Waals surface area contributed by atoms with Crippen molar-refractivity contribution < 1.29 is 9.84 Å². The summed E-state index contributed by atoms with van der Waals surface area (Å²) in [6.07, 6.45) is 6.12. The summed E-state index contributed by atoms with van der Waals surface area (Å²) in [5.41, 5.74) is -0.141. The molecule has 3 nitrogen and oxygen atoms in total. The van der Waals surface area contributed by atoms with Gasteiger partial charge in [0.2, 0.25) is 0 Å². The van der Waals surface area contributed by atoms with E-state index in [1.54, 1.807) is 0 Å². The lowest BCUT2D eigenvalue weighted by molar-refractivity contribution is 0.0190. The summed E-state index contributed by atoms with van der Waals surface area (Å²) >= 11 is 0. The molecule has 0 bridgehead atoms. The smallest absolute Gasteiger partial charge is 0.0681 e. The Morgan fingerprint density at radius 2 is 2.00 bits per heavy atom. The Morgan fingerprint density at radius 1 is 1.29 bits per heavy atom. The van der Waals surface area contributed by atoms with Crippen LogP contribution in [-0.2, 0) is 4.74 Å². The van der Waals surface area contributed by atoms with E-state index in [4.69, 9.17) is 4.74 Å². The second-order valence-electron chi connectivity index (χ2n) is 6.24. The van der Waals surface area contributed by atoms with Gasteiger partial charge in [-0.25, -0.2) is 0 Å². The Morgan fingerprint density at radius 3 is 2.47 bits per heavy atom. The number of hydrogen-bond acceptors (Lipinski definition) is 3. The standard InChI is InChI=1S/C14H27NO2/c1-11(2)7-8-17-10-14(9-16,12-3-4-12)15-13-5-6-13/h11-13,15-16H,3-10H2,1-2H3. The van der Waals surface area contributed by atoms with Gasteiger partial charge in [0.1, 0.15) is 0 Å². The average Bonchev–Trinajstić information content (AvgIpc) is 3.14. The summed E-state index contributed by atoms with van der Waals surface area (Å²) in [5, 5.41) is 13.4. The molecule has 3 heteroatoms. The quantitative estimate of drug-likeness (QED) is 0.606. The van der Waals surface area contributed by atoms with Gasteiger partial charge in [-0.05, 0) is 43.9 Å². The van der Waals surface area contributed by atoms with Crippen LogP contribution in [0.4, 0.5) is 0 Å². The lowest BCUT2D eigenvalue weighted by Crippen LogP contribution is -2.55. The largest absolute Gasteiger partial charge is 0.394 e. The lowest BCUT2D eigenvalue weighted by atomic mass is 9.95. The molecule has 0 aromatic carbocycles. The lowest BCUT2D eigenvalue weighted by Gasteiger charge is -2.33. The maximum absolute atomic E-state index is 9.73. The Labute approximate surface area is 105 Å². The van der Waals surface area contributed by atoms with Crippen LogP contribution < -0.4 is 5.32 Å². The Bertz CT molecular complexity index is 236. The van der Waals surface area contributed by atoms with E-state index in [1.165, 1.54) is 25.7 Å². The number of hydrogen-bond donors (Lipinski definition) is 2. The second kappa shape index (κ2) is 5.68. The molecule has 0 aliphatic heterocycles. The van der Waals surface area contributed by atoms with Crippen LogP contribution in [0.3, 0.4) is 0 Å². The molecule has 2 aliphatic carbocycles. The number of aliphatic hydroxyl groups is 1. The van der Waals surface area contributed by atoms with Crippen molar-refractivity contribution in [1.82, 2.24) is 5.32 Å². The molecule has 0 spiro atoms. The molecule has 2 saturated carbocycles. The van der Waals surface area contributed by atoms with Crippen LogP contribution >= 0.6 is 0 Å². The molecular weight excluding hydrogens is 214 g/mol. The van der Waals surface area contributed by atoms with Crippen LogP contribution in [-0.4, -0.2) is 36.5 Å². The van der Waals surface area contributed by atoms with Crippen molar-refractivity contribution in [1.29, 1.82) is 0 Å². The summed E-state index contributed by atoms with van der Waals surface area (Å²) in [6, 6.07) is 0.636. The van der Waals surface area contributed by atoms with E-state index < -0.39 is 0 Å². The molecular formula is C14H27NO2. The monoisotopic (exact) mass is 241 g/mol. The topological polar surface area (TPSA) is 41.5 Å². The summed E-state index contributed by atoms with van der Waals surface area (Å²) in [7, 11) is 0. The highest BCUT2D eigenvalue weighted by molar-refractivity contribution is 5.04. The Kier molecular flexibility index (Phi) is 4.45. The predicted octanol–water partition coefficient (Wildman–Crippen LogP) is 1.94. The number of ether oxygens (including phenoxy) is 1. The van der Waals surface area contributed by atoms with E-state index >= 15 is 0 Å². The minimum Gasteiger partial charge on any atom is -0.394 e. The highest BCUT2D eigenvalue weighted by Gasteiger charge is 2.47. The molecule has 0 amide bonds. The third-order valence-corrected chi connectivity index (χ3v) is 3.91. The maximum atomic E-state index is 9.73. The molecule has 100 valence electrons. The highest BCUT2D eigenvalue weighted by atomic mass is 16.5. The molecule has 0 heterocycles. The van der Waals surface area contributed by atoms with E-state index in [1.807, 2.05) is 0 Å². The fourth-order valence-corrected chi connectivity index (χ4v) is 2.34. The predicted molar refractivity (Wildman–Crippen MR) is 69.0 cm³/mol. The molecule has 0 aromatic rings. The third-order valence-electron chi connectivity index (χ3n) is 3.91. The van der Waals surface area contributed by atoms with Gasteiger partial charge < -0.3 is 15.2 Å². The number of nitrogens with one attached hydrogen (secondary N) is 1. The van der Waals surface area contributed by atoms with E-state index in [0.29, 0.717) is 24.5 Å². The first-order valence-electron chi connectivity index (χ1n) is 7.12. The SMILES string of the molecule is CC(C)CCOCC(CO)(NC1CC1)C1CC1. The Balaban J connectivity index is 1.77. The average molecular weight is 241 g/mol. The van der Waals surface area contributed by atoms with Crippen LogP contribution in [0.2, 0.25) is 0 Å². The van der Waals surface area contributed by atoms with Gasteiger partial charge in [-0.3, -0.25) is 0 Å². The first kappa shape index (κ1) is 13.3. The molecule has 2 aliphatic rings. The molecule has 0 aromatic heterocycles. The van der Waals surface area contributed by atoms with E-state index in [9.17, 15) is 5.11 Å². The zero-order valence-electron chi connectivity index (χ0n) is 11.2. The second-order valence-corrected chi connectivity index (χ2v) is 6.24. The van der Waals surface area contributed by atoms with E-state index in [-0.39, 0.29) is 12.1 Å². The van der Waals surface area contributed by atoms with Gasteiger partial charge in [-0.15, -0.1) is 0 Å². The van der Waals surface area contributed by atoms with Gasteiger partial charge in [0.15, 0.2) is 0 Å². The zero-order chi connectivity index (χ0) is 12.3. The van der Waals surface area contributed by atoms with Gasteiger partial charge in [-0.1, -0.05) is 13.8 Å². The van der Waals surface area contributed by atoms with Crippen molar-refractivity contribution in [3.05, 3.63) is 0 Å². The summed E-state index contributed by atoms with van der Waals surface area (Å²) in [6.45, 7) is 6.14. The number of aliphatic hydroxyl groups excluding tert-OH is 1. The van der Waals surface area contributed by atoms with E-state index in [2.05, 4.69) is 19.2 Å². The fraction of sp³-hybridized carbons (Fsp3) is 1.00. The molecule has 0 radical (unpaired) electrons. The van der Waals surface area contributed by atoms with Gasteiger partial charge in [-0.2, -0.15) is 0 Å². The minimum atomic E-state index is -0.141. The van der Waals surface area contributed by atoms with E-state index in [0.717, 1.165) is 13.0 Å². The minimum absolute atomic E-state index is 0.141. The summed E-state index contributed by atoms with van der Waals surface area (Å²) in [5.74, 6) is 1.32. The molecule has 2 N–H and O–H groups in total. The van der Waals surface area contributed by atoms with Crippen molar-refractivity contribution in [3.63, 3.8) is 0 Å².